The Hall–Kier alpha value is -6.59. The predicted molar refractivity (Wildman–Crippen MR) is 423 cm³/mol. The van der Waals surface area contributed by atoms with E-state index >= 15 is 0 Å². The summed E-state index contributed by atoms with van der Waals surface area (Å²) in [6.07, 6.45) is 0. The molecule has 13 heteroatoms. The van der Waals surface area contributed by atoms with Gasteiger partial charge in [0.2, 0.25) is 0 Å². The van der Waals surface area contributed by atoms with Gasteiger partial charge in [-0.2, -0.15) is 5.26 Å². The topological polar surface area (TPSA) is 43.5 Å². The van der Waals surface area contributed by atoms with Gasteiger partial charge < -0.3 is 18.3 Å². The van der Waals surface area contributed by atoms with E-state index in [0.717, 1.165) is 66.9 Å². The first kappa shape index (κ1) is 62.2. The average molecular weight is 1310 g/mol. The van der Waals surface area contributed by atoms with Gasteiger partial charge in [-0.05, 0) is 54.6 Å². The number of hydrogen-bond acceptors (Lipinski definition) is 1. The van der Waals surface area contributed by atoms with Crippen LogP contribution in [0.15, 0.2) is 152 Å². The summed E-state index contributed by atoms with van der Waals surface area (Å²) < 4.78 is 10.3. The second-order valence-corrected chi connectivity index (χ2v) is 69.6. The fourth-order valence-corrected chi connectivity index (χ4v) is 23.1. The molecule has 0 aliphatic rings. The van der Waals surface area contributed by atoms with E-state index in [2.05, 4.69) is 320 Å². The number of rotatable bonds is 12. The van der Waals surface area contributed by atoms with E-state index in [1.807, 2.05) is 0 Å². The van der Waals surface area contributed by atoms with Crippen LogP contribution in [0.5, 0.6) is 0 Å². The monoisotopic (exact) mass is 1310 g/mol. The number of nitrogens with zero attached hydrogens (tertiary/aromatic N) is 5. The normalized spacial score (nSPS) is 13.4. The maximum Gasteiger partial charge on any atom is 0.104 e. The van der Waals surface area contributed by atoms with Crippen molar-refractivity contribution in [3.63, 3.8) is 0 Å². The quantitative estimate of drug-likeness (QED) is 0.112. The van der Waals surface area contributed by atoms with E-state index in [1.54, 1.807) is 0 Å². The molecular formula is C77H93N5Si8. The largest absolute Gasteiger partial charge is 0.307 e. The molecule has 458 valence electrons. The van der Waals surface area contributed by atoms with E-state index in [9.17, 15) is 5.26 Å². The van der Waals surface area contributed by atoms with Crippen LogP contribution in [0.3, 0.4) is 0 Å². The molecule has 0 spiro atoms. The number of benzene rings is 9. The first-order valence-corrected chi connectivity index (χ1v) is 59.8. The van der Waals surface area contributed by atoms with Crippen LogP contribution in [0.4, 0.5) is 0 Å². The summed E-state index contributed by atoms with van der Waals surface area (Å²) in [4.78, 5) is 0. The molecule has 0 unspecified atom stereocenters. The zero-order valence-electron chi connectivity index (χ0n) is 57.8. The van der Waals surface area contributed by atoms with Crippen molar-refractivity contribution < 1.29 is 0 Å². The lowest BCUT2D eigenvalue weighted by atomic mass is 10.0. The van der Waals surface area contributed by atoms with Gasteiger partial charge in [-0.15, -0.1) is 0 Å². The molecule has 0 saturated heterocycles. The maximum atomic E-state index is 13.3. The molecule has 0 amide bonds. The highest BCUT2D eigenvalue weighted by molar-refractivity contribution is 6.91. The standard InChI is InChI=1S/C77H93N5Si8/c1-83(2)49-23-31-66-57(39-49)59-41-51(85(5,6)7)25-33-67(59)79(66)74-47-75(80-68-34-26-52(86(8,9)10)43-61(68)62-44-53(87(11,12)13)27-35-69(62)80)77(82-72-37-29-55(89(17,18)19)45-63(72)64-46-56(90(20,21)22)30-38-73(64)82)65(48-78)76(74)81-70-32-24-50(84(3)4)40-58(70)60-42-54(88(14,15)16)28-36-71(60)81/h23-47,83-84H,1-22H3. The number of hydrogen-bond donors (Lipinski definition) is 0. The van der Waals surface area contributed by atoms with E-state index < -0.39 is 66.0 Å². The van der Waals surface area contributed by atoms with Crippen LogP contribution in [0.25, 0.3) is 110 Å². The molecule has 0 radical (unpaired) electrons. The van der Waals surface area contributed by atoms with Crippen molar-refractivity contribution in [1.82, 2.24) is 18.3 Å². The van der Waals surface area contributed by atoms with Crippen LogP contribution in [-0.4, -0.2) is 84.3 Å². The fourth-order valence-electron chi connectivity index (χ4n) is 14.2. The Labute approximate surface area is 544 Å². The Morgan fingerprint density at radius 1 is 0.267 bits per heavy atom. The first-order valence-electron chi connectivity index (χ1n) is 33.0. The summed E-state index contributed by atoms with van der Waals surface area (Å²) in [5.74, 6) is 0. The molecule has 0 aliphatic heterocycles. The van der Waals surface area contributed by atoms with Crippen LogP contribution in [0.2, 0.25) is 144 Å². The molecule has 0 fully saturated rings. The van der Waals surface area contributed by atoms with Crippen molar-refractivity contribution in [2.75, 3.05) is 0 Å². The Morgan fingerprint density at radius 3 is 0.667 bits per heavy atom. The first-order chi connectivity index (χ1) is 42.0. The molecule has 90 heavy (non-hydrogen) atoms. The number of fused-ring (bicyclic) bond motifs is 12. The second kappa shape index (κ2) is 21.2. The zero-order valence-corrected chi connectivity index (χ0v) is 66.1. The van der Waals surface area contributed by atoms with Crippen LogP contribution < -0.4 is 41.5 Å². The lowest BCUT2D eigenvalue weighted by Crippen LogP contribution is -2.37. The third-order valence-corrected chi connectivity index (χ3v) is 35.6. The van der Waals surface area contributed by atoms with E-state index in [1.165, 1.54) is 84.6 Å². The summed E-state index contributed by atoms with van der Waals surface area (Å²) >= 11 is 0. The molecule has 13 aromatic rings. The van der Waals surface area contributed by atoms with Gasteiger partial charge in [0.25, 0.3) is 0 Å². The van der Waals surface area contributed by atoms with Gasteiger partial charge in [0.15, 0.2) is 0 Å². The summed E-state index contributed by atoms with van der Waals surface area (Å²) in [7, 11) is -13.3. The minimum atomic E-state index is -1.81. The van der Waals surface area contributed by atoms with Crippen molar-refractivity contribution in [2.45, 2.75) is 144 Å². The lowest BCUT2D eigenvalue weighted by molar-refractivity contribution is 1.03. The third kappa shape index (κ3) is 10.2. The van der Waals surface area contributed by atoms with Crippen LogP contribution in [0, 0.1) is 11.3 Å². The molecular weight excluding hydrogens is 1220 g/mol. The second-order valence-electron chi connectivity index (χ2n) is 33.2. The molecule has 13 rings (SSSR count). The zero-order chi connectivity index (χ0) is 64.6. The molecule has 0 N–H and O–H groups in total. The van der Waals surface area contributed by atoms with Gasteiger partial charge in [0.1, 0.15) is 11.6 Å². The van der Waals surface area contributed by atoms with Crippen molar-refractivity contribution >= 4 is 195 Å². The molecule has 0 saturated carbocycles. The molecule has 0 aliphatic carbocycles. The minimum absolute atomic E-state index is 0.646. The van der Waals surface area contributed by atoms with Gasteiger partial charge in [0, 0.05) is 43.1 Å². The van der Waals surface area contributed by atoms with Crippen molar-refractivity contribution in [2.24, 2.45) is 0 Å². The Balaban J connectivity index is 1.35. The van der Waals surface area contributed by atoms with E-state index in [0.29, 0.717) is 5.56 Å². The molecule has 0 atom stereocenters. The van der Waals surface area contributed by atoms with Gasteiger partial charge in [-0.25, -0.2) is 0 Å². The van der Waals surface area contributed by atoms with Crippen molar-refractivity contribution in [1.29, 1.82) is 5.26 Å². The lowest BCUT2D eigenvalue weighted by Gasteiger charge is -2.26. The van der Waals surface area contributed by atoms with Crippen molar-refractivity contribution in [3.8, 4) is 28.8 Å². The SMILES string of the molecule is C[SiH](C)c1ccc2c(c1)c1cc([Si](C)(C)C)ccc1n2-c1cc(-n2c3ccc([Si](C)(C)C)cc3c3cc([Si](C)(C)C)ccc32)c(-n2c3ccc([Si](C)(C)C)cc3c3cc([Si](C)(C)C)ccc32)c(C#N)c1-n1c2ccc([SiH](C)C)cc2c2cc([Si](C)(C)C)ccc21. The minimum Gasteiger partial charge on any atom is -0.307 e. The van der Waals surface area contributed by atoms with E-state index in [-0.39, 0.29) is 0 Å². The highest BCUT2D eigenvalue weighted by Gasteiger charge is 2.34. The summed E-state index contributed by atoms with van der Waals surface area (Å²) in [6.45, 7) is 54.3. The molecule has 4 heterocycles. The van der Waals surface area contributed by atoms with E-state index in [4.69, 9.17) is 0 Å². The van der Waals surface area contributed by atoms with Gasteiger partial charge >= 0.3 is 0 Å². The molecule has 4 aromatic heterocycles. The predicted octanol–water partition coefficient (Wildman–Crippen LogP) is 16.6. The van der Waals surface area contributed by atoms with Crippen molar-refractivity contribution in [3.05, 3.63) is 157 Å². The highest BCUT2D eigenvalue weighted by atomic mass is 28.3. The molecule has 0 bridgehead atoms. The fraction of sp³-hybridized carbons (Fsp3) is 0.286. The van der Waals surface area contributed by atoms with Gasteiger partial charge in [-0.3, -0.25) is 0 Å². The number of nitriles is 1. The smallest absolute Gasteiger partial charge is 0.104 e. The van der Waals surface area contributed by atoms with Crippen LogP contribution in [0.1, 0.15) is 5.56 Å². The Kier molecular flexibility index (Phi) is 14.7. The summed E-state index contributed by atoms with van der Waals surface area (Å²) in [5.41, 5.74) is 13.5. The Morgan fingerprint density at radius 2 is 0.467 bits per heavy atom. The summed E-state index contributed by atoms with van der Waals surface area (Å²) in [6, 6.07) is 64.8. The van der Waals surface area contributed by atoms with Crippen LogP contribution in [-0.2, 0) is 0 Å². The highest BCUT2D eigenvalue weighted by Crippen LogP contribution is 2.47. The molecule has 9 aromatic carbocycles. The maximum absolute atomic E-state index is 13.3. The van der Waals surface area contributed by atoms with Gasteiger partial charge in [-0.1, -0.05) is 283 Å². The third-order valence-electron chi connectivity index (χ3n) is 19.9. The molecule has 5 nitrogen and oxygen atoms in total. The number of aromatic nitrogens is 4. The average Bonchev–Trinajstić information content (AvgIpc) is 1.50. The Bertz CT molecular complexity index is 5070. The summed E-state index contributed by atoms with van der Waals surface area (Å²) in [5, 5.41) is 34.9. The van der Waals surface area contributed by atoms with Gasteiger partial charge in [0.05, 0.1) is 133 Å². The van der Waals surface area contributed by atoms with Crippen LogP contribution >= 0.6 is 0 Å².